The van der Waals surface area contributed by atoms with Gasteiger partial charge in [-0.05, 0) is 30.2 Å². The van der Waals surface area contributed by atoms with Crippen LogP contribution in [0.25, 0.3) is 0 Å². The second-order valence-electron chi connectivity index (χ2n) is 8.92. The van der Waals surface area contributed by atoms with E-state index in [0.29, 0.717) is 15.6 Å². The van der Waals surface area contributed by atoms with Crippen LogP contribution in [0.3, 0.4) is 0 Å². The van der Waals surface area contributed by atoms with E-state index in [1.54, 1.807) is 6.07 Å². The topological polar surface area (TPSA) is 66.8 Å². The summed E-state index contributed by atoms with van der Waals surface area (Å²) in [5.41, 5.74) is 1.20. The first-order valence-electron chi connectivity index (χ1n) is 9.29. The van der Waals surface area contributed by atoms with Gasteiger partial charge in [-0.15, -0.1) is 11.3 Å². The van der Waals surface area contributed by atoms with Gasteiger partial charge in [-0.25, -0.2) is 4.79 Å². The fraction of sp³-hybridized carbons (Fsp3) is 0.500. The summed E-state index contributed by atoms with van der Waals surface area (Å²) in [7, 11) is 0. The summed E-state index contributed by atoms with van der Waals surface area (Å²) in [6.07, 6.45) is 0.372. The van der Waals surface area contributed by atoms with Crippen LogP contribution in [0.15, 0.2) is 24.3 Å². The number of benzene rings is 1. The van der Waals surface area contributed by atoms with Gasteiger partial charge in [0.25, 0.3) is 0 Å². The highest BCUT2D eigenvalue weighted by Crippen LogP contribution is 2.48. The molecular weight excluding hydrogens is 396 g/mol. The van der Waals surface area contributed by atoms with E-state index < -0.39 is 12.1 Å². The summed E-state index contributed by atoms with van der Waals surface area (Å²) in [5, 5.41) is 20.3. The van der Waals surface area contributed by atoms with E-state index in [-0.39, 0.29) is 22.3 Å². The van der Waals surface area contributed by atoms with Crippen LogP contribution in [0.4, 0.5) is 0 Å². The Morgan fingerprint density at radius 2 is 1.82 bits per heavy atom. The van der Waals surface area contributed by atoms with Crippen LogP contribution in [-0.2, 0) is 12.0 Å². The molecule has 0 saturated carbocycles. The van der Waals surface area contributed by atoms with Crippen LogP contribution >= 0.6 is 22.9 Å². The molecule has 1 atom stereocenters. The van der Waals surface area contributed by atoms with Gasteiger partial charge < -0.3 is 14.9 Å². The van der Waals surface area contributed by atoms with Crippen molar-refractivity contribution in [1.29, 1.82) is 0 Å². The number of carbonyl (C=O) groups is 1. The molecule has 6 heteroatoms. The largest absolute Gasteiger partial charge is 0.484 e. The number of hydrogen-bond donors (Lipinski definition) is 2. The number of carboxylic acids is 1. The minimum atomic E-state index is -1.06. The van der Waals surface area contributed by atoms with Gasteiger partial charge in [-0.2, -0.15) is 0 Å². The van der Waals surface area contributed by atoms with Crippen LogP contribution in [0.2, 0.25) is 5.02 Å². The molecule has 0 spiro atoms. The van der Waals surface area contributed by atoms with Gasteiger partial charge in [-0.1, -0.05) is 64.4 Å². The van der Waals surface area contributed by atoms with E-state index in [4.69, 9.17) is 16.3 Å². The van der Waals surface area contributed by atoms with Crippen LogP contribution in [0.5, 0.6) is 5.75 Å². The zero-order valence-corrected chi connectivity index (χ0v) is 18.9. The lowest BCUT2D eigenvalue weighted by Crippen LogP contribution is -2.26. The lowest BCUT2D eigenvalue weighted by Gasteiger charge is -2.34. The van der Waals surface area contributed by atoms with Crippen molar-refractivity contribution in [3.8, 4) is 5.75 Å². The Labute approximate surface area is 176 Å². The Kier molecular flexibility index (Phi) is 6.85. The first-order chi connectivity index (χ1) is 12.9. The molecule has 0 aliphatic rings. The number of rotatable bonds is 7. The monoisotopic (exact) mass is 424 g/mol. The maximum Gasteiger partial charge on any atom is 0.349 e. The Bertz CT molecular complexity index is 849. The van der Waals surface area contributed by atoms with Gasteiger partial charge in [0.1, 0.15) is 11.9 Å². The molecule has 1 heterocycles. The fourth-order valence-corrected chi connectivity index (χ4v) is 5.37. The number of hydrogen-bond acceptors (Lipinski definition) is 4. The number of aliphatic hydroxyl groups excluding tert-OH is 1. The second kappa shape index (κ2) is 8.44. The highest BCUT2D eigenvalue weighted by Gasteiger charge is 2.37. The number of carboxylic acid groups (broad SMARTS) is 1. The second-order valence-corrected chi connectivity index (χ2v) is 10.4. The van der Waals surface area contributed by atoms with Crippen molar-refractivity contribution in [3.63, 3.8) is 0 Å². The van der Waals surface area contributed by atoms with Crippen molar-refractivity contribution >= 4 is 28.9 Å². The van der Waals surface area contributed by atoms with Gasteiger partial charge in [0.2, 0.25) is 0 Å². The summed E-state index contributed by atoms with van der Waals surface area (Å²) in [6, 6.07) is 7.36. The average molecular weight is 425 g/mol. The summed E-state index contributed by atoms with van der Waals surface area (Å²) in [5.74, 6) is -0.720. The van der Waals surface area contributed by atoms with E-state index in [0.717, 1.165) is 28.9 Å². The van der Waals surface area contributed by atoms with Crippen molar-refractivity contribution in [2.45, 2.75) is 66.1 Å². The molecule has 28 heavy (non-hydrogen) atoms. The summed E-state index contributed by atoms with van der Waals surface area (Å²) < 4.78 is 6.22. The van der Waals surface area contributed by atoms with Crippen LogP contribution in [0, 0.1) is 5.41 Å². The van der Waals surface area contributed by atoms with E-state index >= 15 is 0 Å². The van der Waals surface area contributed by atoms with Crippen molar-refractivity contribution in [3.05, 3.63) is 50.2 Å². The lowest BCUT2D eigenvalue weighted by atomic mass is 9.72. The molecule has 0 amide bonds. The molecule has 1 aromatic carbocycles. The first-order valence-corrected chi connectivity index (χ1v) is 10.5. The minimum Gasteiger partial charge on any atom is -0.484 e. The number of aliphatic hydroxyl groups is 1. The van der Waals surface area contributed by atoms with Gasteiger partial charge in [-0.3, -0.25) is 0 Å². The predicted molar refractivity (Wildman–Crippen MR) is 115 cm³/mol. The maximum atomic E-state index is 11.9. The molecule has 0 unspecified atom stereocenters. The van der Waals surface area contributed by atoms with Crippen molar-refractivity contribution in [2.75, 3.05) is 0 Å². The molecule has 154 valence electrons. The molecule has 0 saturated heterocycles. The average Bonchev–Trinajstić information content (AvgIpc) is 2.92. The number of aromatic carboxylic acids is 1. The van der Waals surface area contributed by atoms with Gasteiger partial charge in [0, 0.05) is 21.0 Å². The summed E-state index contributed by atoms with van der Waals surface area (Å²) in [6.45, 7) is 12.2. The predicted octanol–water partition coefficient (Wildman–Crippen LogP) is 6.45. The Balaban J connectivity index is 2.59. The van der Waals surface area contributed by atoms with Gasteiger partial charge >= 0.3 is 5.97 Å². The maximum absolute atomic E-state index is 11.9. The van der Waals surface area contributed by atoms with Crippen LogP contribution < -0.4 is 4.74 Å². The molecule has 0 aliphatic heterocycles. The number of thiophene rings is 1. The fourth-order valence-electron chi connectivity index (χ4n) is 3.97. The Morgan fingerprint density at radius 1 is 1.21 bits per heavy atom. The molecule has 0 radical (unpaired) electrons. The molecule has 2 rings (SSSR count). The van der Waals surface area contributed by atoms with E-state index in [1.807, 2.05) is 25.1 Å². The summed E-state index contributed by atoms with van der Waals surface area (Å²) in [4.78, 5) is 12.7. The zero-order valence-electron chi connectivity index (χ0n) is 17.3. The van der Waals surface area contributed by atoms with Gasteiger partial charge in [0.15, 0.2) is 4.88 Å². The standard InChI is InChI=1S/C22H29ClO4S/c1-13(14-9-7-8-10-15(14)23)27-18-17(22(5,6)12-21(2,3)4)16(11-24)28-19(18)20(25)26/h7-10,13,24H,11-12H2,1-6H3,(H,25,26)/t13-/m1/s1. The molecule has 2 N–H and O–H groups in total. The van der Waals surface area contributed by atoms with Crippen LogP contribution in [0.1, 0.15) is 79.7 Å². The molecular formula is C22H29ClO4S. The molecule has 2 aromatic rings. The Morgan fingerprint density at radius 3 is 2.32 bits per heavy atom. The third-order valence-corrected chi connectivity index (χ3v) is 6.05. The molecule has 0 aliphatic carbocycles. The smallest absolute Gasteiger partial charge is 0.349 e. The van der Waals surface area contributed by atoms with Crippen molar-refractivity contribution in [1.82, 2.24) is 0 Å². The Hall–Kier alpha value is -1.56. The number of halogens is 1. The van der Waals surface area contributed by atoms with E-state index in [9.17, 15) is 15.0 Å². The van der Waals surface area contributed by atoms with Crippen molar-refractivity contribution < 1.29 is 19.7 Å². The SMILES string of the molecule is C[C@@H](Oc1c(C(=O)O)sc(CO)c1C(C)(C)CC(C)(C)C)c1ccccc1Cl. The first kappa shape index (κ1) is 22.7. The third-order valence-electron chi connectivity index (χ3n) is 4.56. The molecule has 4 nitrogen and oxygen atoms in total. The van der Waals surface area contributed by atoms with Gasteiger partial charge in [0.05, 0.1) is 6.61 Å². The normalized spacial score (nSPS) is 13.4. The zero-order chi connectivity index (χ0) is 21.3. The molecule has 0 bridgehead atoms. The number of ether oxygens (including phenoxy) is 1. The van der Waals surface area contributed by atoms with Crippen LogP contribution in [-0.4, -0.2) is 16.2 Å². The summed E-state index contributed by atoms with van der Waals surface area (Å²) >= 11 is 7.38. The third kappa shape index (κ3) is 5.07. The quantitative estimate of drug-likeness (QED) is 0.536. The van der Waals surface area contributed by atoms with Crippen molar-refractivity contribution in [2.24, 2.45) is 5.41 Å². The highest BCUT2D eigenvalue weighted by atomic mass is 35.5. The minimum absolute atomic E-state index is 0.0210. The molecule has 0 fully saturated rings. The lowest BCUT2D eigenvalue weighted by molar-refractivity contribution is 0.0695. The highest BCUT2D eigenvalue weighted by molar-refractivity contribution is 7.14. The van der Waals surface area contributed by atoms with E-state index in [1.165, 1.54) is 0 Å². The van der Waals surface area contributed by atoms with E-state index in [2.05, 4.69) is 34.6 Å². The molecule has 1 aromatic heterocycles.